The van der Waals surface area contributed by atoms with E-state index < -0.39 is 0 Å². The molecule has 0 rings (SSSR count). The summed E-state index contributed by atoms with van der Waals surface area (Å²) in [5.41, 5.74) is 0. The lowest BCUT2D eigenvalue weighted by atomic mass is 10.4. The molecule has 0 saturated heterocycles. The topological polar surface area (TPSA) is 38.3 Å². The SMILES string of the molecule is COCCCNC(=O)CCl. The summed E-state index contributed by atoms with van der Waals surface area (Å²) < 4.78 is 4.77. The van der Waals surface area contributed by atoms with Gasteiger partial charge in [0, 0.05) is 20.3 Å². The average molecular weight is 166 g/mol. The molecule has 4 heteroatoms. The van der Waals surface area contributed by atoms with Crippen LogP contribution in [0.2, 0.25) is 0 Å². The highest BCUT2D eigenvalue weighted by Gasteiger charge is 1.94. The van der Waals surface area contributed by atoms with Crippen molar-refractivity contribution in [1.29, 1.82) is 0 Å². The highest BCUT2D eigenvalue weighted by atomic mass is 35.5. The first-order valence-electron chi connectivity index (χ1n) is 3.13. The van der Waals surface area contributed by atoms with E-state index in [4.69, 9.17) is 16.3 Å². The molecule has 10 heavy (non-hydrogen) atoms. The maximum Gasteiger partial charge on any atom is 0.234 e. The van der Waals surface area contributed by atoms with Crippen LogP contribution in [0.1, 0.15) is 6.42 Å². The summed E-state index contributed by atoms with van der Waals surface area (Å²) in [5, 5.41) is 2.62. The monoisotopic (exact) mass is 165 g/mol. The highest BCUT2D eigenvalue weighted by molar-refractivity contribution is 6.27. The Kier molecular flexibility index (Phi) is 6.64. The zero-order valence-electron chi connectivity index (χ0n) is 6.02. The van der Waals surface area contributed by atoms with Crippen LogP contribution in [-0.4, -0.2) is 32.0 Å². The summed E-state index contributed by atoms with van der Waals surface area (Å²) >= 11 is 5.22. The number of rotatable bonds is 5. The van der Waals surface area contributed by atoms with Crippen molar-refractivity contribution in [2.75, 3.05) is 26.1 Å². The van der Waals surface area contributed by atoms with E-state index in [0.29, 0.717) is 13.2 Å². The Morgan fingerprint density at radius 3 is 2.90 bits per heavy atom. The first-order chi connectivity index (χ1) is 4.81. The van der Waals surface area contributed by atoms with E-state index in [0.717, 1.165) is 6.42 Å². The average Bonchev–Trinajstić information content (AvgIpc) is 1.98. The standard InChI is InChI=1S/C6H12ClNO2/c1-10-4-2-3-8-6(9)5-7/h2-5H2,1H3,(H,8,9). The van der Waals surface area contributed by atoms with Crippen molar-refractivity contribution in [3.8, 4) is 0 Å². The Hall–Kier alpha value is -0.280. The molecule has 0 atom stereocenters. The van der Waals surface area contributed by atoms with Crippen molar-refractivity contribution in [3.63, 3.8) is 0 Å². The molecule has 60 valence electrons. The Morgan fingerprint density at radius 2 is 2.40 bits per heavy atom. The Bertz CT molecular complexity index is 97.7. The van der Waals surface area contributed by atoms with Crippen LogP contribution in [0.5, 0.6) is 0 Å². The predicted octanol–water partition coefficient (Wildman–Crippen LogP) is 0.378. The molecule has 0 aliphatic heterocycles. The van der Waals surface area contributed by atoms with Crippen LogP contribution in [0.4, 0.5) is 0 Å². The highest BCUT2D eigenvalue weighted by Crippen LogP contribution is 1.78. The van der Waals surface area contributed by atoms with Gasteiger partial charge >= 0.3 is 0 Å². The summed E-state index contributed by atoms with van der Waals surface area (Å²) in [7, 11) is 1.63. The number of halogens is 1. The van der Waals surface area contributed by atoms with Gasteiger partial charge in [-0.1, -0.05) is 0 Å². The number of carbonyl (C=O) groups is 1. The summed E-state index contributed by atoms with van der Waals surface area (Å²) in [6.45, 7) is 1.31. The second-order valence-electron chi connectivity index (χ2n) is 1.83. The largest absolute Gasteiger partial charge is 0.385 e. The van der Waals surface area contributed by atoms with E-state index >= 15 is 0 Å². The smallest absolute Gasteiger partial charge is 0.234 e. The van der Waals surface area contributed by atoms with Crippen LogP contribution >= 0.6 is 11.6 Å². The van der Waals surface area contributed by atoms with Gasteiger partial charge in [-0.2, -0.15) is 0 Å². The van der Waals surface area contributed by atoms with Crippen LogP contribution < -0.4 is 5.32 Å². The first kappa shape index (κ1) is 9.72. The summed E-state index contributed by atoms with van der Waals surface area (Å²) in [6.07, 6.45) is 0.832. The molecule has 1 N–H and O–H groups in total. The van der Waals surface area contributed by atoms with Crippen LogP contribution in [0, 0.1) is 0 Å². The van der Waals surface area contributed by atoms with Gasteiger partial charge < -0.3 is 10.1 Å². The maximum atomic E-state index is 10.5. The first-order valence-corrected chi connectivity index (χ1v) is 3.66. The molecule has 0 spiro atoms. The van der Waals surface area contributed by atoms with Gasteiger partial charge in [-0.3, -0.25) is 4.79 Å². The van der Waals surface area contributed by atoms with Crippen molar-refractivity contribution in [2.45, 2.75) is 6.42 Å². The minimum absolute atomic E-state index is 0.0347. The molecule has 3 nitrogen and oxygen atoms in total. The molecule has 0 heterocycles. The van der Waals surface area contributed by atoms with Crippen LogP contribution in [0.15, 0.2) is 0 Å². The van der Waals surface area contributed by atoms with Gasteiger partial charge in [-0.15, -0.1) is 11.6 Å². The molecule has 1 amide bonds. The number of ether oxygens (including phenoxy) is 1. The lowest BCUT2D eigenvalue weighted by molar-refractivity contribution is -0.118. The summed E-state index contributed by atoms with van der Waals surface area (Å²) in [4.78, 5) is 10.5. The van der Waals surface area contributed by atoms with Crippen molar-refractivity contribution in [1.82, 2.24) is 5.32 Å². The Balaban J connectivity index is 2.96. The lowest BCUT2D eigenvalue weighted by Gasteiger charge is -2.00. The molecule has 0 aromatic rings. The van der Waals surface area contributed by atoms with E-state index in [1.165, 1.54) is 0 Å². The molecule has 0 unspecified atom stereocenters. The fraction of sp³-hybridized carbons (Fsp3) is 0.833. The number of alkyl halides is 1. The van der Waals surface area contributed by atoms with Gasteiger partial charge in [0.2, 0.25) is 5.91 Å². The van der Waals surface area contributed by atoms with Gasteiger partial charge in [0.1, 0.15) is 5.88 Å². The van der Waals surface area contributed by atoms with Crippen molar-refractivity contribution >= 4 is 17.5 Å². The van der Waals surface area contributed by atoms with Crippen molar-refractivity contribution < 1.29 is 9.53 Å². The second-order valence-corrected chi connectivity index (χ2v) is 2.10. The molecule has 0 aliphatic carbocycles. The van der Waals surface area contributed by atoms with Gasteiger partial charge in [0.05, 0.1) is 0 Å². The minimum atomic E-state index is -0.127. The third kappa shape index (κ3) is 5.85. The van der Waals surface area contributed by atoms with Crippen LogP contribution in [-0.2, 0) is 9.53 Å². The molecule has 0 aromatic carbocycles. The molecule has 0 saturated carbocycles. The third-order valence-electron chi connectivity index (χ3n) is 0.969. The van der Waals surface area contributed by atoms with E-state index in [-0.39, 0.29) is 11.8 Å². The zero-order chi connectivity index (χ0) is 7.82. The number of hydrogen-bond acceptors (Lipinski definition) is 2. The van der Waals surface area contributed by atoms with Gasteiger partial charge in [0.25, 0.3) is 0 Å². The van der Waals surface area contributed by atoms with Gasteiger partial charge in [0.15, 0.2) is 0 Å². The number of methoxy groups -OCH3 is 1. The maximum absolute atomic E-state index is 10.5. The number of amides is 1. The normalized spacial score (nSPS) is 9.40. The third-order valence-corrected chi connectivity index (χ3v) is 1.21. The molecular formula is C6H12ClNO2. The Morgan fingerprint density at radius 1 is 1.70 bits per heavy atom. The Labute approximate surface area is 65.7 Å². The van der Waals surface area contributed by atoms with Crippen LogP contribution in [0.3, 0.4) is 0 Å². The van der Waals surface area contributed by atoms with Crippen molar-refractivity contribution in [2.24, 2.45) is 0 Å². The van der Waals surface area contributed by atoms with E-state index in [2.05, 4.69) is 5.32 Å². The van der Waals surface area contributed by atoms with E-state index in [9.17, 15) is 4.79 Å². The molecule has 0 aliphatic rings. The molecule has 0 bridgehead atoms. The quantitative estimate of drug-likeness (QED) is 0.473. The molecule has 0 aromatic heterocycles. The molecule has 0 radical (unpaired) electrons. The summed E-state index contributed by atoms with van der Waals surface area (Å²) in [6, 6.07) is 0. The zero-order valence-corrected chi connectivity index (χ0v) is 6.78. The van der Waals surface area contributed by atoms with E-state index in [1.807, 2.05) is 0 Å². The fourth-order valence-electron chi connectivity index (χ4n) is 0.492. The number of carbonyl (C=O) groups excluding carboxylic acids is 1. The summed E-state index contributed by atoms with van der Waals surface area (Å²) in [5.74, 6) is -0.0924. The van der Waals surface area contributed by atoms with E-state index in [1.54, 1.807) is 7.11 Å². The minimum Gasteiger partial charge on any atom is -0.385 e. The van der Waals surface area contributed by atoms with Gasteiger partial charge in [-0.05, 0) is 6.42 Å². The van der Waals surface area contributed by atoms with Crippen molar-refractivity contribution in [3.05, 3.63) is 0 Å². The van der Waals surface area contributed by atoms with Crippen LogP contribution in [0.25, 0.3) is 0 Å². The van der Waals surface area contributed by atoms with Gasteiger partial charge in [-0.25, -0.2) is 0 Å². The predicted molar refractivity (Wildman–Crippen MR) is 40.2 cm³/mol. The molecule has 0 fully saturated rings. The number of hydrogen-bond donors (Lipinski definition) is 1. The fourth-order valence-corrected chi connectivity index (χ4v) is 0.586. The second kappa shape index (κ2) is 6.83. The number of nitrogens with one attached hydrogen (secondary N) is 1. The lowest BCUT2D eigenvalue weighted by Crippen LogP contribution is -2.25. The molecular weight excluding hydrogens is 154 g/mol.